The van der Waals surface area contributed by atoms with Crippen molar-refractivity contribution in [2.45, 2.75) is 26.4 Å². The van der Waals surface area contributed by atoms with Crippen LogP contribution in [0.25, 0.3) is 0 Å². The number of benzene rings is 1. The average Bonchev–Trinajstić information content (AvgIpc) is 2.42. The summed E-state index contributed by atoms with van der Waals surface area (Å²) in [5.74, 6) is 0.487. The van der Waals surface area contributed by atoms with Gasteiger partial charge in [0, 0.05) is 18.3 Å². The lowest BCUT2D eigenvalue weighted by Crippen LogP contribution is -2.33. The lowest BCUT2D eigenvalue weighted by atomic mass is 10.2. The Balaban J connectivity index is 2.67. The first-order chi connectivity index (χ1) is 9.41. The van der Waals surface area contributed by atoms with Gasteiger partial charge in [-0.25, -0.2) is 0 Å². The molecule has 0 amide bonds. The molecule has 0 aliphatic carbocycles. The fraction of sp³-hybridized carbons (Fsp3) is 0.357. The van der Waals surface area contributed by atoms with E-state index in [2.05, 4.69) is 30.9 Å². The predicted molar refractivity (Wildman–Crippen MR) is 96.8 cm³/mol. The minimum Gasteiger partial charge on any atom is -0.351 e. The van der Waals surface area contributed by atoms with Gasteiger partial charge in [0.25, 0.3) is 0 Å². The molecule has 1 rings (SSSR count). The van der Waals surface area contributed by atoms with Crippen LogP contribution in [0.2, 0.25) is 0 Å². The summed E-state index contributed by atoms with van der Waals surface area (Å²) < 4.78 is 0.887. The van der Waals surface area contributed by atoms with E-state index >= 15 is 0 Å². The zero-order valence-corrected chi connectivity index (χ0v) is 15.2. The molecule has 0 aromatic heterocycles. The lowest BCUT2D eigenvalue weighted by Gasteiger charge is -2.29. The van der Waals surface area contributed by atoms with Gasteiger partial charge in [0.15, 0.2) is 0 Å². The Bertz CT molecular complexity index is 471. The van der Waals surface area contributed by atoms with E-state index in [0.717, 1.165) is 10.9 Å². The van der Waals surface area contributed by atoms with Crippen molar-refractivity contribution in [3.8, 4) is 0 Å². The second-order valence-electron chi connectivity index (χ2n) is 4.43. The van der Waals surface area contributed by atoms with E-state index in [9.17, 15) is 0 Å². The molecule has 0 aliphatic heterocycles. The lowest BCUT2D eigenvalue weighted by molar-refractivity contribution is 0.355. The molecule has 0 spiro atoms. The zero-order valence-electron chi connectivity index (χ0n) is 11.3. The molecule has 0 saturated carbocycles. The Morgan fingerprint density at radius 1 is 1.20 bits per heavy atom. The SMILES string of the molecule is CC(C)N(Cc1ccccc1)C(=S)SCC(Cl)=C(Cl)Cl. The number of nitrogens with zero attached hydrogens (tertiary/aromatic N) is 1. The number of rotatable bonds is 5. The number of halogens is 3. The van der Waals surface area contributed by atoms with Gasteiger partial charge in [-0.2, -0.15) is 0 Å². The summed E-state index contributed by atoms with van der Waals surface area (Å²) >= 11 is 24.1. The first kappa shape index (κ1) is 18.1. The van der Waals surface area contributed by atoms with E-state index in [0.29, 0.717) is 16.8 Å². The van der Waals surface area contributed by atoms with Gasteiger partial charge in [-0.05, 0) is 19.4 Å². The highest BCUT2D eigenvalue weighted by Crippen LogP contribution is 2.24. The van der Waals surface area contributed by atoms with Crippen molar-refractivity contribution in [3.63, 3.8) is 0 Å². The zero-order chi connectivity index (χ0) is 15.1. The van der Waals surface area contributed by atoms with E-state index < -0.39 is 0 Å². The fourth-order valence-corrected chi connectivity index (χ4v) is 3.24. The maximum atomic E-state index is 5.92. The van der Waals surface area contributed by atoms with Crippen LogP contribution in [0.3, 0.4) is 0 Å². The molecule has 0 N–H and O–H groups in total. The minimum absolute atomic E-state index is 0.0983. The van der Waals surface area contributed by atoms with Crippen molar-refractivity contribution >= 4 is 63.1 Å². The summed E-state index contributed by atoms with van der Waals surface area (Å²) in [7, 11) is 0. The first-order valence-corrected chi connectivity index (χ1v) is 8.61. The van der Waals surface area contributed by atoms with Crippen LogP contribution in [0, 0.1) is 0 Å². The van der Waals surface area contributed by atoms with Gasteiger partial charge in [0.2, 0.25) is 0 Å². The highest BCUT2D eigenvalue weighted by atomic mass is 35.5. The Morgan fingerprint density at radius 3 is 2.30 bits per heavy atom. The van der Waals surface area contributed by atoms with Gasteiger partial charge >= 0.3 is 0 Å². The molecule has 20 heavy (non-hydrogen) atoms. The third-order valence-electron chi connectivity index (χ3n) is 2.58. The van der Waals surface area contributed by atoms with Crippen molar-refractivity contribution in [2.75, 3.05) is 5.75 Å². The predicted octanol–water partition coefficient (Wildman–Crippen LogP) is 5.80. The molecule has 0 bridgehead atoms. The van der Waals surface area contributed by atoms with Gasteiger partial charge in [0.1, 0.15) is 8.81 Å². The molecule has 110 valence electrons. The minimum atomic E-state index is 0.0983. The summed E-state index contributed by atoms with van der Waals surface area (Å²) in [6.07, 6.45) is 0. The Hall–Kier alpha value is 0.0700. The van der Waals surface area contributed by atoms with Crippen molar-refractivity contribution in [1.82, 2.24) is 4.90 Å². The quantitative estimate of drug-likeness (QED) is 0.605. The summed E-state index contributed by atoms with van der Waals surface area (Å²) in [6, 6.07) is 10.5. The molecule has 0 radical (unpaired) electrons. The van der Waals surface area contributed by atoms with Crippen molar-refractivity contribution in [1.29, 1.82) is 0 Å². The second kappa shape index (κ2) is 9.16. The highest BCUT2D eigenvalue weighted by molar-refractivity contribution is 8.23. The molecule has 0 aliphatic rings. The van der Waals surface area contributed by atoms with Crippen molar-refractivity contribution in [2.24, 2.45) is 0 Å². The molecule has 0 atom stereocenters. The van der Waals surface area contributed by atoms with Crippen LogP contribution in [0.5, 0.6) is 0 Å². The van der Waals surface area contributed by atoms with Gasteiger partial charge in [0.05, 0.1) is 5.03 Å². The summed E-state index contributed by atoms with van der Waals surface area (Å²) in [4.78, 5) is 2.15. The molecule has 0 unspecified atom stereocenters. The number of hydrogen-bond acceptors (Lipinski definition) is 2. The molecular formula is C14H16Cl3NS2. The number of thiocarbonyl (C=S) groups is 1. The van der Waals surface area contributed by atoms with Crippen LogP contribution in [-0.4, -0.2) is 21.0 Å². The molecule has 1 aromatic rings. The molecule has 0 heterocycles. The van der Waals surface area contributed by atoms with Gasteiger partial charge < -0.3 is 4.90 Å². The number of hydrogen-bond donors (Lipinski definition) is 0. The first-order valence-electron chi connectivity index (χ1n) is 6.08. The topological polar surface area (TPSA) is 3.24 Å². The second-order valence-corrected chi connectivity index (χ2v) is 7.44. The summed E-state index contributed by atoms with van der Waals surface area (Å²) in [6.45, 7) is 5.00. The standard InChI is InChI=1S/C14H16Cl3NS2/c1-10(2)18(8-11-6-4-3-5-7-11)14(19)20-9-12(15)13(16)17/h3-7,10H,8-9H2,1-2H3. The monoisotopic (exact) mass is 367 g/mol. The van der Waals surface area contributed by atoms with E-state index in [4.69, 9.17) is 47.0 Å². The fourth-order valence-electron chi connectivity index (χ4n) is 1.50. The normalized spacial score (nSPS) is 10.5. The van der Waals surface area contributed by atoms with Crippen LogP contribution in [0.4, 0.5) is 0 Å². The van der Waals surface area contributed by atoms with Crippen molar-refractivity contribution in [3.05, 3.63) is 45.4 Å². The highest BCUT2D eigenvalue weighted by Gasteiger charge is 2.15. The third-order valence-corrected chi connectivity index (χ3v) is 5.21. The molecular weight excluding hydrogens is 353 g/mol. The van der Waals surface area contributed by atoms with Crippen LogP contribution in [0.1, 0.15) is 19.4 Å². The molecule has 1 nitrogen and oxygen atoms in total. The molecule has 0 fully saturated rings. The van der Waals surface area contributed by atoms with Crippen LogP contribution in [0.15, 0.2) is 39.9 Å². The van der Waals surface area contributed by atoms with Crippen LogP contribution < -0.4 is 0 Å². The van der Waals surface area contributed by atoms with Gasteiger partial charge in [-0.15, -0.1) is 0 Å². The van der Waals surface area contributed by atoms with E-state index in [1.807, 2.05) is 18.2 Å². The van der Waals surface area contributed by atoms with Crippen LogP contribution in [-0.2, 0) is 6.54 Å². The Labute approximate surface area is 145 Å². The Morgan fingerprint density at radius 2 is 1.80 bits per heavy atom. The van der Waals surface area contributed by atoms with Gasteiger partial charge in [-0.3, -0.25) is 0 Å². The number of thioether (sulfide) groups is 1. The van der Waals surface area contributed by atoms with Gasteiger partial charge in [-0.1, -0.05) is 89.1 Å². The largest absolute Gasteiger partial charge is 0.351 e. The van der Waals surface area contributed by atoms with E-state index in [-0.39, 0.29) is 4.49 Å². The molecule has 0 saturated heterocycles. The molecule has 1 aromatic carbocycles. The molecule has 6 heteroatoms. The van der Waals surface area contributed by atoms with E-state index in [1.165, 1.54) is 17.3 Å². The maximum absolute atomic E-state index is 5.92. The van der Waals surface area contributed by atoms with Crippen LogP contribution >= 0.6 is 58.8 Å². The van der Waals surface area contributed by atoms with E-state index in [1.54, 1.807) is 0 Å². The summed E-state index contributed by atoms with van der Waals surface area (Å²) in [5.41, 5.74) is 1.22. The summed E-state index contributed by atoms with van der Waals surface area (Å²) in [5, 5.41) is 0.420. The maximum Gasteiger partial charge on any atom is 0.137 e. The Kier molecular flexibility index (Phi) is 8.30. The van der Waals surface area contributed by atoms with Crippen molar-refractivity contribution < 1.29 is 0 Å². The smallest absolute Gasteiger partial charge is 0.137 e. The average molecular weight is 369 g/mol. The third kappa shape index (κ3) is 6.23.